The molecular weight excluding hydrogens is 300 g/mol. The minimum Gasteiger partial charge on any atom is -0.209 e. The van der Waals surface area contributed by atoms with E-state index in [4.69, 9.17) is 0 Å². The predicted octanol–water partition coefficient (Wildman–Crippen LogP) is 2.05. The molecule has 0 atom stereocenters. The number of sulfonamides is 1. The number of nitrogens with one attached hydrogen (secondary N) is 1. The van der Waals surface area contributed by atoms with Gasteiger partial charge in [0.1, 0.15) is 4.21 Å². The Balaban J connectivity index is 2.82. The Morgan fingerprint density at radius 3 is 2.64 bits per heavy atom. The van der Waals surface area contributed by atoms with Crippen molar-refractivity contribution in [1.29, 1.82) is 0 Å². The molecule has 0 aliphatic rings. The van der Waals surface area contributed by atoms with E-state index in [0.29, 0.717) is 4.47 Å². The van der Waals surface area contributed by atoms with Crippen LogP contribution in [0.4, 0.5) is 8.78 Å². The van der Waals surface area contributed by atoms with Gasteiger partial charge < -0.3 is 0 Å². The average molecular weight is 306 g/mol. The molecule has 3 nitrogen and oxygen atoms in total. The average Bonchev–Trinajstić information content (AvgIpc) is 2.48. The molecule has 14 heavy (non-hydrogen) atoms. The van der Waals surface area contributed by atoms with Crippen LogP contribution in [0, 0.1) is 0 Å². The molecule has 1 N–H and O–H groups in total. The highest BCUT2D eigenvalue weighted by Crippen LogP contribution is 2.27. The summed E-state index contributed by atoms with van der Waals surface area (Å²) in [4.78, 5) is 0. The van der Waals surface area contributed by atoms with Crippen LogP contribution in [0.1, 0.15) is 0 Å². The maximum Gasteiger partial charge on any atom is 0.251 e. The van der Waals surface area contributed by atoms with Gasteiger partial charge in [0.2, 0.25) is 0 Å². The molecule has 0 radical (unpaired) electrons. The lowest BCUT2D eigenvalue weighted by Crippen LogP contribution is -2.28. The van der Waals surface area contributed by atoms with Crippen molar-refractivity contribution in [3.05, 3.63) is 15.9 Å². The highest BCUT2D eigenvalue weighted by Gasteiger charge is 2.20. The van der Waals surface area contributed by atoms with Gasteiger partial charge in [-0.3, -0.25) is 0 Å². The highest BCUT2D eigenvalue weighted by molar-refractivity contribution is 9.10. The molecule has 1 rings (SSSR count). The Labute approximate surface area is 92.3 Å². The third-order valence-electron chi connectivity index (χ3n) is 1.26. The second kappa shape index (κ2) is 4.65. The summed E-state index contributed by atoms with van der Waals surface area (Å²) in [6, 6.07) is 1.54. The van der Waals surface area contributed by atoms with Crippen LogP contribution in [0.3, 0.4) is 0 Å². The lowest BCUT2D eigenvalue weighted by atomic mass is 10.7. The fourth-order valence-electron chi connectivity index (χ4n) is 0.710. The van der Waals surface area contributed by atoms with E-state index >= 15 is 0 Å². The first-order valence-corrected chi connectivity index (χ1v) is 6.60. The summed E-state index contributed by atoms with van der Waals surface area (Å²) in [5, 5.41) is 1.56. The fourth-order valence-corrected chi connectivity index (χ4v) is 4.10. The van der Waals surface area contributed by atoms with Crippen molar-refractivity contribution in [3.63, 3.8) is 0 Å². The summed E-state index contributed by atoms with van der Waals surface area (Å²) in [5.41, 5.74) is 0. The molecule has 0 fully saturated rings. The van der Waals surface area contributed by atoms with Gasteiger partial charge in [-0.2, -0.15) is 0 Å². The number of halogens is 3. The summed E-state index contributed by atoms with van der Waals surface area (Å²) in [5.74, 6) is 0. The minimum absolute atomic E-state index is 0.0122. The van der Waals surface area contributed by atoms with Gasteiger partial charge in [-0.05, 0) is 27.4 Å². The molecule has 0 saturated carbocycles. The smallest absolute Gasteiger partial charge is 0.209 e. The molecule has 0 unspecified atom stereocenters. The van der Waals surface area contributed by atoms with Crippen LogP contribution in [-0.2, 0) is 10.0 Å². The molecule has 1 heterocycles. The van der Waals surface area contributed by atoms with Crippen LogP contribution in [0.5, 0.6) is 0 Å². The molecular formula is C6H6BrF2NO2S2. The third kappa shape index (κ3) is 2.97. The molecule has 1 aromatic rings. The highest BCUT2D eigenvalue weighted by atomic mass is 79.9. The summed E-state index contributed by atoms with van der Waals surface area (Å²) in [6.45, 7) is -0.868. The first-order chi connectivity index (χ1) is 6.43. The van der Waals surface area contributed by atoms with Crippen molar-refractivity contribution < 1.29 is 17.2 Å². The zero-order chi connectivity index (χ0) is 10.8. The number of hydrogen-bond donors (Lipinski definition) is 1. The van der Waals surface area contributed by atoms with E-state index in [-0.39, 0.29) is 4.21 Å². The van der Waals surface area contributed by atoms with E-state index in [1.807, 2.05) is 0 Å². The summed E-state index contributed by atoms with van der Waals surface area (Å²) in [7, 11) is -3.80. The van der Waals surface area contributed by atoms with Gasteiger partial charge in [-0.1, -0.05) is 0 Å². The van der Waals surface area contributed by atoms with Crippen molar-refractivity contribution in [1.82, 2.24) is 4.72 Å². The van der Waals surface area contributed by atoms with Gasteiger partial charge in [0.05, 0.1) is 6.54 Å². The van der Waals surface area contributed by atoms with E-state index in [2.05, 4.69) is 15.9 Å². The molecule has 0 saturated heterocycles. The van der Waals surface area contributed by atoms with Crippen LogP contribution in [0.25, 0.3) is 0 Å². The lowest BCUT2D eigenvalue weighted by molar-refractivity contribution is 0.153. The zero-order valence-corrected chi connectivity index (χ0v) is 9.93. The van der Waals surface area contributed by atoms with Gasteiger partial charge in [0.25, 0.3) is 16.4 Å². The maximum absolute atomic E-state index is 11.8. The third-order valence-corrected chi connectivity index (χ3v) is 5.35. The van der Waals surface area contributed by atoms with Crippen LogP contribution in [-0.4, -0.2) is 21.4 Å². The Hall–Kier alpha value is -0.0500. The van der Waals surface area contributed by atoms with E-state index in [1.54, 1.807) is 16.2 Å². The molecule has 0 spiro atoms. The predicted molar refractivity (Wildman–Crippen MR) is 53.2 cm³/mol. The van der Waals surface area contributed by atoms with Gasteiger partial charge >= 0.3 is 0 Å². The van der Waals surface area contributed by atoms with Gasteiger partial charge in [0.15, 0.2) is 0 Å². The standard InChI is InChI=1S/C6H6BrF2NO2S2/c7-4-1-2-13-6(4)14(11,12)10-3-5(8)9/h1-2,5,10H,3H2. The van der Waals surface area contributed by atoms with Crippen LogP contribution in [0.2, 0.25) is 0 Å². The Kier molecular flexibility index (Phi) is 3.99. The van der Waals surface area contributed by atoms with Crippen LogP contribution < -0.4 is 4.72 Å². The number of thiophene rings is 1. The molecule has 0 aliphatic heterocycles. The zero-order valence-electron chi connectivity index (χ0n) is 6.71. The van der Waals surface area contributed by atoms with Crippen molar-refractivity contribution in [2.24, 2.45) is 0 Å². The minimum atomic E-state index is -3.80. The summed E-state index contributed by atoms with van der Waals surface area (Å²) in [6.07, 6.45) is -2.69. The van der Waals surface area contributed by atoms with Crippen molar-refractivity contribution in [2.75, 3.05) is 6.54 Å². The molecule has 1 aromatic heterocycles. The largest absolute Gasteiger partial charge is 0.251 e. The molecule has 0 bridgehead atoms. The lowest BCUT2D eigenvalue weighted by Gasteiger charge is -2.03. The van der Waals surface area contributed by atoms with Gasteiger partial charge in [-0.25, -0.2) is 21.9 Å². The van der Waals surface area contributed by atoms with E-state index in [9.17, 15) is 17.2 Å². The first kappa shape index (κ1) is 12.0. The fraction of sp³-hybridized carbons (Fsp3) is 0.333. The topological polar surface area (TPSA) is 46.2 Å². The SMILES string of the molecule is O=S(=O)(NCC(F)F)c1sccc1Br. The summed E-state index contributed by atoms with van der Waals surface area (Å²) >= 11 is 3.98. The van der Waals surface area contributed by atoms with Crippen molar-refractivity contribution in [2.45, 2.75) is 10.6 Å². The van der Waals surface area contributed by atoms with Crippen molar-refractivity contribution >= 4 is 37.3 Å². The Morgan fingerprint density at radius 2 is 2.21 bits per heavy atom. The van der Waals surface area contributed by atoms with Crippen molar-refractivity contribution in [3.8, 4) is 0 Å². The molecule has 0 aromatic carbocycles. The van der Waals surface area contributed by atoms with Crippen LogP contribution in [0.15, 0.2) is 20.1 Å². The van der Waals surface area contributed by atoms with E-state index < -0.39 is 23.0 Å². The van der Waals surface area contributed by atoms with Crippen LogP contribution >= 0.6 is 27.3 Å². The number of rotatable bonds is 4. The Morgan fingerprint density at radius 1 is 1.57 bits per heavy atom. The molecule has 0 aliphatic carbocycles. The molecule has 0 amide bonds. The summed E-state index contributed by atoms with van der Waals surface area (Å²) < 4.78 is 48.4. The number of hydrogen-bond acceptors (Lipinski definition) is 3. The second-order valence-electron chi connectivity index (χ2n) is 2.30. The van der Waals surface area contributed by atoms with Gasteiger partial charge in [-0.15, -0.1) is 11.3 Å². The Bertz CT molecular complexity index is 404. The first-order valence-electron chi connectivity index (χ1n) is 3.44. The molecule has 8 heteroatoms. The normalized spacial score (nSPS) is 12.3. The van der Waals surface area contributed by atoms with E-state index in [0.717, 1.165) is 11.3 Å². The number of alkyl halides is 2. The maximum atomic E-state index is 11.8. The second-order valence-corrected chi connectivity index (χ2v) is 6.03. The van der Waals surface area contributed by atoms with E-state index in [1.165, 1.54) is 0 Å². The monoisotopic (exact) mass is 305 g/mol. The quantitative estimate of drug-likeness (QED) is 0.925. The molecule has 80 valence electrons. The van der Waals surface area contributed by atoms with Gasteiger partial charge in [0, 0.05) is 4.47 Å².